The van der Waals surface area contributed by atoms with Gasteiger partial charge in [0.25, 0.3) is 6.43 Å². The summed E-state index contributed by atoms with van der Waals surface area (Å²) in [5.74, 6) is -1.35. The standard InChI is InChI=1S/C9H5BrF2N2O2/c10-1-4-5(9(15)16)3-14-6(2-13)7(4)8(11)12/h3,8H,1H2,(H,15,16). The summed E-state index contributed by atoms with van der Waals surface area (Å²) < 4.78 is 25.4. The van der Waals surface area contributed by atoms with Crippen LogP contribution in [-0.4, -0.2) is 16.1 Å². The molecule has 1 aromatic rings. The van der Waals surface area contributed by atoms with Crippen molar-refractivity contribution < 1.29 is 18.7 Å². The van der Waals surface area contributed by atoms with Crippen molar-refractivity contribution in [2.75, 3.05) is 0 Å². The van der Waals surface area contributed by atoms with Crippen molar-refractivity contribution in [1.82, 2.24) is 4.98 Å². The SMILES string of the molecule is N#Cc1ncc(C(=O)O)c(CBr)c1C(F)F. The molecule has 4 nitrogen and oxygen atoms in total. The molecule has 0 radical (unpaired) electrons. The van der Waals surface area contributed by atoms with E-state index in [-0.39, 0.29) is 16.5 Å². The second-order valence-corrected chi connectivity index (χ2v) is 3.32. The van der Waals surface area contributed by atoms with Gasteiger partial charge in [0.2, 0.25) is 0 Å². The average molecular weight is 291 g/mol. The molecular formula is C9H5BrF2N2O2. The van der Waals surface area contributed by atoms with Crippen molar-refractivity contribution in [2.24, 2.45) is 0 Å². The van der Waals surface area contributed by atoms with Crippen LogP contribution in [-0.2, 0) is 5.33 Å². The monoisotopic (exact) mass is 290 g/mol. The van der Waals surface area contributed by atoms with Crippen LogP contribution in [0.2, 0.25) is 0 Å². The topological polar surface area (TPSA) is 74.0 Å². The first-order chi connectivity index (χ1) is 7.52. The van der Waals surface area contributed by atoms with E-state index in [1.165, 1.54) is 6.07 Å². The quantitative estimate of drug-likeness (QED) is 0.868. The highest BCUT2D eigenvalue weighted by Crippen LogP contribution is 2.29. The van der Waals surface area contributed by atoms with Crippen LogP contribution in [0, 0.1) is 11.3 Å². The summed E-state index contributed by atoms with van der Waals surface area (Å²) in [6.07, 6.45) is -2.03. The largest absolute Gasteiger partial charge is 0.478 e. The van der Waals surface area contributed by atoms with Gasteiger partial charge in [0.15, 0.2) is 0 Å². The number of hydrogen-bond donors (Lipinski definition) is 1. The first kappa shape index (κ1) is 12.5. The van der Waals surface area contributed by atoms with Crippen LogP contribution in [0.25, 0.3) is 0 Å². The average Bonchev–Trinajstić information content (AvgIpc) is 2.26. The zero-order valence-corrected chi connectivity index (χ0v) is 9.33. The highest BCUT2D eigenvalue weighted by Gasteiger charge is 2.24. The molecule has 0 atom stereocenters. The van der Waals surface area contributed by atoms with Crippen LogP contribution in [0.1, 0.15) is 33.6 Å². The van der Waals surface area contributed by atoms with Crippen molar-refractivity contribution in [2.45, 2.75) is 11.8 Å². The first-order valence-electron chi connectivity index (χ1n) is 4.02. The van der Waals surface area contributed by atoms with Crippen LogP contribution in [0.4, 0.5) is 8.78 Å². The minimum atomic E-state index is -2.94. The Morgan fingerprint density at radius 2 is 2.31 bits per heavy atom. The fraction of sp³-hybridized carbons (Fsp3) is 0.222. The number of aromatic carboxylic acids is 1. The first-order valence-corrected chi connectivity index (χ1v) is 5.14. The molecule has 16 heavy (non-hydrogen) atoms. The summed E-state index contributed by atoms with van der Waals surface area (Å²) in [4.78, 5) is 14.2. The van der Waals surface area contributed by atoms with Gasteiger partial charge >= 0.3 is 5.97 Å². The van der Waals surface area contributed by atoms with E-state index < -0.39 is 23.7 Å². The Morgan fingerprint density at radius 1 is 1.69 bits per heavy atom. The van der Waals surface area contributed by atoms with Gasteiger partial charge in [-0.05, 0) is 5.56 Å². The number of carboxylic acids is 1. The maximum Gasteiger partial charge on any atom is 0.337 e. The smallest absolute Gasteiger partial charge is 0.337 e. The van der Waals surface area contributed by atoms with Gasteiger partial charge in [-0.2, -0.15) is 5.26 Å². The van der Waals surface area contributed by atoms with E-state index in [1.54, 1.807) is 0 Å². The molecule has 0 bridgehead atoms. The Labute approximate surface area is 97.7 Å². The Kier molecular flexibility index (Phi) is 3.90. The molecule has 0 spiro atoms. The van der Waals surface area contributed by atoms with Crippen LogP contribution in [0.3, 0.4) is 0 Å². The van der Waals surface area contributed by atoms with Gasteiger partial charge in [0.1, 0.15) is 11.8 Å². The molecule has 0 unspecified atom stereocenters. The molecule has 0 aliphatic carbocycles. The maximum absolute atomic E-state index is 12.7. The summed E-state index contributed by atoms with van der Waals surface area (Å²) in [6, 6.07) is 1.51. The highest BCUT2D eigenvalue weighted by molar-refractivity contribution is 9.08. The molecule has 0 aliphatic rings. The second-order valence-electron chi connectivity index (χ2n) is 2.76. The summed E-state index contributed by atoms with van der Waals surface area (Å²) in [6.45, 7) is 0. The number of carbonyl (C=O) groups is 1. The number of aromatic nitrogens is 1. The van der Waals surface area contributed by atoms with Crippen LogP contribution >= 0.6 is 15.9 Å². The number of halogens is 3. The Morgan fingerprint density at radius 3 is 2.69 bits per heavy atom. The summed E-state index contributed by atoms with van der Waals surface area (Å²) in [7, 11) is 0. The lowest BCUT2D eigenvalue weighted by atomic mass is 10.0. The molecule has 0 saturated carbocycles. The fourth-order valence-electron chi connectivity index (χ4n) is 1.22. The van der Waals surface area contributed by atoms with Gasteiger partial charge in [-0.3, -0.25) is 0 Å². The molecule has 7 heteroatoms. The fourth-order valence-corrected chi connectivity index (χ4v) is 1.82. The maximum atomic E-state index is 12.7. The molecule has 84 valence electrons. The molecule has 0 amide bonds. The van der Waals surface area contributed by atoms with Gasteiger partial charge < -0.3 is 5.11 Å². The summed E-state index contributed by atoms with van der Waals surface area (Å²) in [5.41, 5.74) is -1.52. The summed E-state index contributed by atoms with van der Waals surface area (Å²) >= 11 is 2.93. The Hall–Kier alpha value is -1.55. The van der Waals surface area contributed by atoms with E-state index in [0.29, 0.717) is 0 Å². The number of rotatable bonds is 3. The number of carboxylic acid groups (broad SMARTS) is 1. The van der Waals surface area contributed by atoms with E-state index >= 15 is 0 Å². The van der Waals surface area contributed by atoms with Crippen LogP contribution in [0.15, 0.2) is 6.20 Å². The number of nitrogens with zero attached hydrogens (tertiary/aromatic N) is 2. The third-order valence-electron chi connectivity index (χ3n) is 1.92. The van der Waals surface area contributed by atoms with Crippen molar-refractivity contribution in [3.63, 3.8) is 0 Å². The van der Waals surface area contributed by atoms with Crippen molar-refractivity contribution in [3.8, 4) is 6.07 Å². The normalized spacial score (nSPS) is 10.2. The minimum absolute atomic E-state index is 0.0779. The third-order valence-corrected chi connectivity index (χ3v) is 2.48. The van der Waals surface area contributed by atoms with E-state index in [2.05, 4.69) is 20.9 Å². The molecule has 1 heterocycles. The molecule has 0 aliphatic heterocycles. The zero-order chi connectivity index (χ0) is 12.3. The second kappa shape index (κ2) is 4.99. The summed E-state index contributed by atoms with van der Waals surface area (Å²) in [5, 5.41) is 17.3. The lowest BCUT2D eigenvalue weighted by Crippen LogP contribution is -2.09. The molecule has 0 fully saturated rings. The van der Waals surface area contributed by atoms with E-state index in [9.17, 15) is 13.6 Å². The van der Waals surface area contributed by atoms with Gasteiger partial charge in [0, 0.05) is 11.5 Å². The Balaban J connectivity index is 3.57. The van der Waals surface area contributed by atoms with Gasteiger partial charge in [-0.25, -0.2) is 18.6 Å². The van der Waals surface area contributed by atoms with Crippen molar-refractivity contribution >= 4 is 21.9 Å². The Bertz CT molecular complexity index is 471. The zero-order valence-electron chi connectivity index (χ0n) is 7.75. The molecule has 0 saturated heterocycles. The number of nitriles is 1. The molecular weight excluding hydrogens is 286 g/mol. The number of pyridine rings is 1. The van der Waals surface area contributed by atoms with Gasteiger partial charge in [-0.15, -0.1) is 0 Å². The molecule has 0 aromatic carbocycles. The van der Waals surface area contributed by atoms with Crippen LogP contribution in [0.5, 0.6) is 0 Å². The number of alkyl halides is 3. The van der Waals surface area contributed by atoms with Gasteiger partial charge in [-0.1, -0.05) is 15.9 Å². The van der Waals surface area contributed by atoms with Gasteiger partial charge in [0.05, 0.1) is 11.1 Å². The van der Waals surface area contributed by atoms with Crippen LogP contribution < -0.4 is 0 Å². The lowest BCUT2D eigenvalue weighted by Gasteiger charge is -2.10. The van der Waals surface area contributed by atoms with E-state index in [1.807, 2.05) is 0 Å². The lowest BCUT2D eigenvalue weighted by molar-refractivity contribution is 0.0695. The number of hydrogen-bond acceptors (Lipinski definition) is 3. The third kappa shape index (κ3) is 2.17. The van der Waals surface area contributed by atoms with Crippen molar-refractivity contribution in [1.29, 1.82) is 5.26 Å². The minimum Gasteiger partial charge on any atom is -0.478 e. The predicted octanol–water partition coefficient (Wildman–Crippen LogP) is 2.48. The van der Waals surface area contributed by atoms with E-state index in [4.69, 9.17) is 10.4 Å². The van der Waals surface area contributed by atoms with Crippen molar-refractivity contribution in [3.05, 3.63) is 28.6 Å². The molecule has 1 N–H and O–H groups in total. The molecule has 1 aromatic heterocycles. The van der Waals surface area contributed by atoms with E-state index in [0.717, 1.165) is 6.20 Å². The predicted molar refractivity (Wildman–Crippen MR) is 53.5 cm³/mol. The highest BCUT2D eigenvalue weighted by atomic mass is 79.9. The molecule has 1 rings (SSSR count).